The van der Waals surface area contributed by atoms with Gasteiger partial charge in [-0.2, -0.15) is 13.2 Å². The lowest BCUT2D eigenvalue weighted by atomic mass is 10.1. The Hall–Kier alpha value is -1.64. The molecule has 3 aromatic heterocycles. The summed E-state index contributed by atoms with van der Waals surface area (Å²) in [5, 5.41) is -0.223. The van der Waals surface area contributed by atoms with Gasteiger partial charge in [0.15, 0.2) is 0 Å². The maximum atomic E-state index is 13.2. The fourth-order valence-corrected chi connectivity index (χ4v) is 4.36. The van der Waals surface area contributed by atoms with Crippen LogP contribution < -0.4 is 5.73 Å². The van der Waals surface area contributed by atoms with Gasteiger partial charge in [-0.25, -0.2) is 4.98 Å². The molecule has 0 aliphatic heterocycles. The first kappa shape index (κ1) is 16.2. The van der Waals surface area contributed by atoms with E-state index in [1.807, 2.05) is 0 Å². The van der Waals surface area contributed by atoms with Gasteiger partial charge in [-0.05, 0) is 25.1 Å². The molecule has 0 saturated carbocycles. The van der Waals surface area contributed by atoms with Crippen LogP contribution in [-0.2, 0) is 6.18 Å². The van der Waals surface area contributed by atoms with E-state index in [4.69, 9.17) is 17.3 Å². The zero-order valence-corrected chi connectivity index (χ0v) is 13.9. The van der Waals surface area contributed by atoms with Crippen molar-refractivity contribution in [2.75, 3.05) is 5.73 Å². The number of fused-ring (bicyclic) bond motifs is 1. The van der Waals surface area contributed by atoms with Gasteiger partial charge in [0.1, 0.15) is 9.71 Å². The predicted octanol–water partition coefficient (Wildman–Crippen LogP) is 5.15. The molecule has 0 atom stereocenters. The minimum Gasteiger partial charge on any atom is -0.397 e. The number of aromatic nitrogens is 1. The number of nitrogen functional groups attached to an aromatic ring is 1. The highest BCUT2D eigenvalue weighted by Crippen LogP contribution is 2.43. The molecule has 0 fully saturated rings. The van der Waals surface area contributed by atoms with E-state index in [9.17, 15) is 18.0 Å². The molecule has 0 aliphatic carbocycles. The zero-order chi connectivity index (χ0) is 16.9. The number of hydrogen-bond acceptors (Lipinski definition) is 5. The molecule has 120 valence electrons. The van der Waals surface area contributed by atoms with E-state index in [2.05, 4.69) is 4.98 Å². The molecular formula is C14H8ClF3N2OS2. The molecule has 0 aromatic carbocycles. The van der Waals surface area contributed by atoms with E-state index < -0.39 is 17.5 Å². The predicted molar refractivity (Wildman–Crippen MR) is 86.5 cm³/mol. The number of rotatable bonds is 2. The van der Waals surface area contributed by atoms with Crippen molar-refractivity contribution in [3.05, 3.63) is 43.5 Å². The van der Waals surface area contributed by atoms with Gasteiger partial charge < -0.3 is 5.73 Å². The number of hydrogen-bond donors (Lipinski definition) is 1. The van der Waals surface area contributed by atoms with Gasteiger partial charge in [-0.15, -0.1) is 22.7 Å². The summed E-state index contributed by atoms with van der Waals surface area (Å²) in [5.74, 6) is -0.451. The van der Waals surface area contributed by atoms with E-state index >= 15 is 0 Å². The molecule has 0 radical (unpaired) electrons. The molecule has 2 N–H and O–H groups in total. The van der Waals surface area contributed by atoms with Crippen molar-refractivity contribution >= 4 is 56.0 Å². The van der Waals surface area contributed by atoms with Crippen molar-refractivity contribution in [2.24, 2.45) is 0 Å². The van der Waals surface area contributed by atoms with Gasteiger partial charge in [-0.1, -0.05) is 11.6 Å². The maximum Gasteiger partial charge on any atom is 0.417 e. The van der Waals surface area contributed by atoms with Crippen LogP contribution in [0.1, 0.15) is 25.8 Å². The average Bonchev–Trinajstić information content (AvgIpc) is 3.01. The third kappa shape index (κ3) is 2.82. The quantitative estimate of drug-likeness (QED) is 0.629. The summed E-state index contributed by atoms with van der Waals surface area (Å²) in [6.45, 7) is 1.46. The lowest BCUT2D eigenvalue weighted by Gasteiger charge is -2.09. The largest absolute Gasteiger partial charge is 0.417 e. The Bertz CT molecular complexity index is 930. The third-order valence-electron chi connectivity index (χ3n) is 3.14. The molecule has 23 heavy (non-hydrogen) atoms. The first-order valence-electron chi connectivity index (χ1n) is 6.25. The highest BCUT2D eigenvalue weighted by atomic mass is 35.5. The van der Waals surface area contributed by atoms with Crippen molar-refractivity contribution in [1.82, 2.24) is 4.98 Å². The normalized spacial score (nSPS) is 12.0. The lowest BCUT2D eigenvalue weighted by Crippen LogP contribution is -2.08. The summed E-state index contributed by atoms with van der Waals surface area (Å²) in [5.41, 5.74) is 4.99. The van der Waals surface area contributed by atoms with E-state index in [1.54, 1.807) is 6.07 Å². The highest BCUT2D eigenvalue weighted by molar-refractivity contribution is 7.23. The second-order valence-corrected chi connectivity index (χ2v) is 7.48. The molecule has 9 heteroatoms. The Morgan fingerprint density at radius 2 is 2.00 bits per heavy atom. The van der Waals surface area contributed by atoms with Crippen LogP contribution in [0.3, 0.4) is 0 Å². The number of nitrogens with two attached hydrogens (primary N) is 1. The Morgan fingerprint density at radius 1 is 1.30 bits per heavy atom. The van der Waals surface area contributed by atoms with Crippen molar-refractivity contribution in [3.8, 4) is 0 Å². The van der Waals surface area contributed by atoms with Gasteiger partial charge in [-0.3, -0.25) is 4.79 Å². The second kappa shape index (κ2) is 5.47. The second-order valence-electron chi connectivity index (χ2n) is 4.77. The van der Waals surface area contributed by atoms with Crippen LogP contribution in [0.25, 0.3) is 10.2 Å². The Kier molecular flexibility index (Phi) is 3.86. The number of thiophene rings is 2. The molecule has 3 rings (SSSR count). The van der Waals surface area contributed by atoms with Crippen LogP contribution in [0.2, 0.25) is 4.34 Å². The van der Waals surface area contributed by atoms with Crippen LogP contribution in [0, 0.1) is 6.92 Å². The summed E-state index contributed by atoms with van der Waals surface area (Å²) in [6, 6.07) is 4.00. The smallest absolute Gasteiger partial charge is 0.397 e. The number of halogens is 4. The summed E-state index contributed by atoms with van der Waals surface area (Å²) in [4.78, 5) is 17.0. The van der Waals surface area contributed by atoms with Crippen molar-refractivity contribution < 1.29 is 18.0 Å². The number of ketones is 1. The number of alkyl halides is 3. The summed E-state index contributed by atoms with van der Waals surface area (Å²) >= 11 is 7.70. The van der Waals surface area contributed by atoms with E-state index in [1.165, 1.54) is 13.0 Å². The van der Waals surface area contributed by atoms with Crippen LogP contribution in [0.4, 0.5) is 18.9 Å². The first-order chi connectivity index (χ1) is 10.7. The van der Waals surface area contributed by atoms with Gasteiger partial charge >= 0.3 is 6.18 Å². The van der Waals surface area contributed by atoms with Crippen molar-refractivity contribution in [2.45, 2.75) is 13.1 Å². The molecule has 3 nitrogen and oxygen atoms in total. The Balaban J connectivity index is 2.25. The van der Waals surface area contributed by atoms with E-state index in [-0.39, 0.29) is 26.5 Å². The van der Waals surface area contributed by atoms with Gasteiger partial charge in [0.25, 0.3) is 0 Å². The first-order valence-corrected chi connectivity index (χ1v) is 8.26. The Labute approximate surface area is 141 Å². The molecule has 3 aromatic rings. The van der Waals surface area contributed by atoms with Gasteiger partial charge in [0, 0.05) is 11.1 Å². The topological polar surface area (TPSA) is 56.0 Å². The Morgan fingerprint density at radius 3 is 2.57 bits per heavy atom. The number of aryl methyl sites for hydroxylation is 1. The number of anilines is 1. The van der Waals surface area contributed by atoms with Crippen molar-refractivity contribution in [1.29, 1.82) is 0 Å². The fourth-order valence-electron chi connectivity index (χ4n) is 2.18. The lowest BCUT2D eigenvalue weighted by molar-refractivity contribution is -0.136. The summed E-state index contributed by atoms with van der Waals surface area (Å²) < 4.78 is 40.1. The molecule has 0 aliphatic rings. The average molecular weight is 377 g/mol. The third-order valence-corrected chi connectivity index (χ3v) is 5.46. The monoisotopic (exact) mass is 376 g/mol. The zero-order valence-electron chi connectivity index (χ0n) is 11.5. The molecule has 0 unspecified atom stereocenters. The van der Waals surface area contributed by atoms with Crippen LogP contribution in [0.5, 0.6) is 0 Å². The van der Waals surface area contributed by atoms with Crippen LogP contribution in [0.15, 0.2) is 18.2 Å². The molecular weight excluding hydrogens is 369 g/mol. The van der Waals surface area contributed by atoms with Crippen LogP contribution >= 0.6 is 34.3 Å². The van der Waals surface area contributed by atoms with Gasteiger partial charge in [0.05, 0.1) is 20.5 Å². The minimum absolute atomic E-state index is 0.0436. The number of pyridine rings is 1. The molecule has 3 heterocycles. The van der Waals surface area contributed by atoms with Crippen molar-refractivity contribution in [3.63, 3.8) is 0 Å². The molecule has 0 amide bonds. The van der Waals surface area contributed by atoms with E-state index in [0.717, 1.165) is 28.7 Å². The number of nitrogens with zero attached hydrogens (tertiary/aromatic N) is 1. The minimum atomic E-state index is -4.58. The summed E-state index contributed by atoms with van der Waals surface area (Å²) in [6.07, 6.45) is -4.58. The molecule has 0 saturated heterocycles. The van der Waals surface area contributed by atoms with E-state index in [0.29, 0.717) is 9.21 Å². The molecule has 0 bridgehead atoms. The van der Waals surface area contributed by atoms with Crippen LogP contribution in [-0.4, -0.2) is 10.8 Å². The highest BCUT2D eigenvalue weighted by Gasteiger charge is 2.36. The number of carbonyl (C=O) groups excluding carboxylic acids is 1. The number of carbonyl (C=O) groups is 1. The fraction of sp³-hybridized carbons (Fsp3) is 0.143. The maximum absolute atomic E-state index is 13.2. The molecule has 0 spiro atoms. The summed E-state index contributed by atoms with van der Waals surface area (Å²) in [7, 11) is 0. The SMILES string of the molecule is Cc1cc(C(F)(F)F)c2c(N)c(C(=O)c3ccc(Cl)s3)sc2n1. The standard InChI is InChI=1S/C14H8ClF3N2OS2/c1-5-4-6(14(16,17)18)9-10(19)12(23-13(9)20-5)11(21)7-2-3-8(15)22-7/h2-4H,19H2,1H3. The van der Waals surface area contributed by atoms with Gasteiger partial charge in [0.2, 0.25) is 5.78 Å².